The van der Waals surface area contributed by atoms with Crippen LogP contribution in [0.2, 0.25) is 0 Å². The van der Waals surface area contributed by atoms with Gasteiger partial charge in [-0.15, -0.1) is 11.8 Å². The number of hydrogen-bond acceptors (Lipinski definition) is 3. The number of rotatable bonds is 1. The van der Waals surface area contributed by atoms with Crippen molar-refractivity contribution in [3.8, 4) is 0 Å². The maximum Gasteiger partial charge on any atom is 0.108 e. The highest BCUT2D eigenvalue weighted by Gasteiger charge is 1.97. The predicted octanol–water partition coefficient (Wildman–Crippen LogP) is 4.19. The first-order valence-electron chi connectivity index (χ1n) is 3.24. The van der Waals surface area contributed by atoms with Crippen molar-refractivity contribution in [2.24, 2.45) is 0 Å². The Kier molecular flexibility index (Phi) is 4.64. The van der Waals surface area contributed by atoms with E-state index < -0.39 is 0 Å². The highest BCUT2D eigenvalue weighted by molar-refractivity contribution is 9.10. The van der Waals surface area contributed by atoms with Gasteiger partial charge in [0.2, 0.25) is 0 Å². The quantitative estimate of drug-likeness (QED) is 0.559. The lowest BCUT2D eigenvalue weighted by Crippen LogP contribution is -1.77. The maximum atomic E-state index is 5.08. The van der Waals surface area contributed by atoms with E-state index in [9.17, 15) is 0 Å². The molecule has 1 aromatic carbocycles. The molecule has 0 aliphatic carbocycles. The molecule has 0 aliphatic rings. The van der Waals surface area contributed by atoms with Gasteiger partial charge in [0, 0.05) is 9.37 Å². The predicted molar refractivity (Wildman–Crippen MR) is 66.1 cm³/mol. The monoisotopic (exact) mass is 278 g/mol. The molecular weight excluding hydrogens is 272 g/mol. The summed E-state index contributed by atoms with van der Waals surface area (Å²) in [6, 6.07) is 8.14. The highest BCUT2D eigenvalue weighted by atomic mass is 79.9. The molecule has 0 aliphatic heterocycles. The molecule has 0 unspecified atom stereocenters. The van der Waals surface area contributed by atoms with Crippen LogP contribution in [0.25, 0.3) is 0 Å². The zero-order valence-electron chi connectivity index (χ0n) is 6.41. The first-order valence-corrected chi connectivity index (χ1v) is 6.48. The van der Waals surface area contributed by atoms with Gasteiger partial charge in [0.1, 0.15) is 3.53 Å². The SMILES string of the molecule is CSC(=S)Sc1ccc(Br)cc1. The first-order chi connectivity index (χ1) is 5.72. The second-order valence-electron chi connectivity index (χ2n) is 2.01. The molecule has 0 fully saturated rings. The Bertz CT molecular complexity index is 268. The summed E-state index contributed by atoms with van der Waals surface area (Å²) < 4.78 is 2.05. The third kappa shape index (κ3) is 3.47. The summed E-state index contributed by atoms with van der Waals surface area (Å²) in [7, 11) is 0. The molecule has 0 amide bonds. The Labute approximate surface area is 94.6 Å². The van der Waals surface area contributed by atoms with E-state index in [2.05, 4.69) is 28.1 Å². The third-order valence-electron chi connectivity index (χ3n) is 1.18. The molecule has 0 radical (unpaired) electrons. The fraction of sp³-hybridized carbons (Fsp3) is 0.125. The van der Waals surface area contributed by atoms with Crippen LogP contribution in [-0.2, 0) is 0 Å². The van der Waals surface area contributed by atoms with Crippen molar-refractivity contribution in [3.05, 3.63) is 28.7 Å². The molecule has 0 bridgehead atoms. The van der Waals surface area contributed by atoms with Gasteiger partial charge in [-0.3, -0.25) is 0 Å². The first kappa shape index (κ1) is 10.6. The van der Waals surface area contributed by atoms with Gasteiger partial charge in [-0.1, -0.05) is 39.9 Å². The summed E-state index contributed by atoms with van der Waals surface area (Å²) in [6.45, 7) is 0. The molecule has 0 atom stereocenters. The Morgan fingerprint density at radius 1 is 1.33 bits per heavy atom. The van der Waals surface area contributed by atoms with Gasteiger partial charge >= 0.3 is 0 Å². The smallest absolute Gasteiger partial charge is 0.108 e. The topological polar surface area (TPSA) is 0 Å². The largest absolute Gasteiger partial charge is 0.111 e. The fourth-order valence-corrected chi connectivity index (χ4v) is 2.28. The Morgan fingerprint density at radius 2 is 1.92 bits per heavy atom. The summed E-state index contributed by atoms with van der Waals surface area (Å²) >= 11 is 11.7. The molecule has 0 N–H and O–H groups in total. The molecule has 64 valence electrons. The molecule has 1 rings (SSSR count). The third-order valence-corrected chi connectivity index (χ3v) is 4.22. The van der Waals surface area contributed by atoms with Crippen molar-refractivity contribution in [1.82, 2.24) is 0 Å². The second-order valence-corrected chi connectivity index (χ2v) is 6.01. The van der Waals surface area contributed by atoms with Crippen molar-refractivity contribution in [2.75, 3.05) is 6.26 Å². The molecule has 0 heterocycles. The lowest BCUT2D eigenvalue weighted by atomic mass is 10.4. The van der Waals surface area contributed by atoms with Gasteiger partial charge in [0.15, 0.2) is 0 Å². The lowest BCUT2D eigenvalue weighted by Gasteiger charge is -1.99. The Balaban J connectivity index is 2.64. The molecule has 0 saturated carbocycles. The molecule has 0 spiro atoms. The van der Waals surface area contributed by atoms with E-state index in [0.29, 0.717) is 0 Å². The van der Waals surface area contributed by atoms with Crippen LogP contribution in [0.5, 0.6) is 0 Å². The lowest BCUT2D eigenvalue weighted by molar-refractivity contribution is 1.45. The van der Waals surface area contributed by atoms with Crippen molar-refractivity contribution in [3.63, 3.8) is 0 Å². The average Bonchev–Trinajstić information content (AvgIpc) is 2.09. The molecule has 12 heavy (non-hydrogen) atoms. The molecule has 0 aromatic heterocycles. The average molecular weight is 279 g/mol. The number of benzene rings is 1. The van der Waals surface area contributed by atoms with Crippen LogP contribution >= 0.6 is 51.7 Å². The van der Waals surface area contributed by atoms with Crippen LogP contribution in [-0.4, -0.2) is 9.78 Å². The summed E-state index contributed by atoms with van der Waals surface area (Å²) in [4.78, 5) is 1.19. The molecule has 4 heteroatoms. The van der Waals surface area contributed by atoms with Gasteiger partial charge < -0.3 is 0 Å². The highest BCUT2D eigenvalue weighted by Crippen LogP contribution is 2.25. The minimum atomic E-state index is 0.956. The second kappa shape index (κ2) is 5.27. The van der Waals surface area contributed by atoms with Crippen LogP contribution in [0.15, 0.2) is 33.6 Å². The van der Waals surface area contributed by atoms with Crippen LogP contribution in [0, 0.1) is 0 Å². The van der Waals surface area contributed by atoms with Crippen molar-refractivity contribution >= 4 is 55.2 Å². The number of hydrogen-bond donors (Lipinski definition) is 0. The van der Waals surface area contributed by atoms with Crippen molar-refractivity contribution in [1.29, 1.82) is 0 Å². The van der Waals surface area contributed by atoms with E-state index in [1.165, 1.54) is 4.90 Å². The minimum absolute atomic E-state index is 0.956. The Hall–Kier alpha value is 0.490. The van der Waals surface area contributed by atoms with Gasteiger partial charge in [-0.2, -0.15) is 0 Å². The molecular formula is C8H7BrS3. The Morgan fingerprint density at radius 3 is 2.42 bits per heavy atom. The number of halogens is 1. The zero-order valence-corrected chi connectivity index (χ0v) is 10.4. The number of thioether (sulfide) groups is 2. The summed E-state index contributed by atoms with van der Waals surface area (Å²) in [5, 5.41) is 0. The minimum Gasteiger partial charge on any atom is -0.111 e. The van der Waals surface area contributed by atoms with E-state index in [4.69, 9.17) is 12.2 Å². The molecule has 0 saturated heterocycles. The van der Waals surface area contributed by atoms with Gasteiger partial charge in [-0.05, 0) is 30.5 Å². The van der Waals surface area contributed by atoms with E-state index in [1.54, 1.807) is 23.5 Å². The van der Waals surface area contributed by atoms with Gasteiger partial charge in [-0.25, -0.2) is 0 Å². The number of thiocarbonyl (C=S) groups is 1. The van der Waals surface area contributed by atoms with Crippen LogP contribution < -0.4 is 0 Å². The van der Waals surface area contributed by atoms with Gasteiger partial charge in [0.25, 0.3) is 0 Å². The normalized spacial score (nSPS) is 9.83. The van der Waals surface area contributed by atoms with Crippen LogP contribution in [0.3, 0.4) is 0 Å². The summed E-state index contributed by atoms with van der Waals surface area (Å²) in [6.07, 6.45) is 1.99. The standard InChI is InChI=1S/C8H7BrS3/c1-11-8(10)12-7-4-2-6(9)3-5-7/h2-5H,1H3. The zero-order chi connectivity index (χ0) is 8.97. The van der Waals surface area contributed by atoms with E-state index in [0.717, 1.165) is 8.00 Å². The molecule has 1 aromatic rings. The van der Waals surface area contributed by atoms with Crippen molar-refractivity contribution in [2.45, 2.75) is 4.90 Å². The maximum absolute atomic E-state index is 5.08. The van der Waals surface area contributed by atoms with Crippen LogP contribution in [0.4, 0.5) is 0 Å². The van der Waals surface area contributed by atoms with E-state index in [1.807, 2.05) is 18.4 Å². The van der Waals surface area contributed by atoms with Crippen LogP contribution in [0.1, 0.15) is 0 Å². The van der Waals surface area contributed by atoms with E-state index >= 15 is 0 Å². The summed E-state index contributed by atoms with van der Waals surface area (Å²) in [5.74, 6) is 0. The molecule has 0 nitrogen and oxygen atoms in total. The van der Waals surface area contributed by atoms with E-state index in [-0.39, 0.29) is 0 Å². The van der Waals surface area contributed by atoms with Crippen molar-refractivity contribution < 1.29 is 0 Å². The fourth-order valence-electron chi connectivity index (χ4n) is 0.641. The summed E-state index contributed by atoms with van der Waals surface area (Å²) in [5.41, 5.74) is 0. The van der Waals surface area contributed by atoms with Gasteiger partial charge in [0.05, 0.1) is 0 Å².